The zero-order valence-corrected chi connectivity index (χ0v) is 33.0. The van der Waals surface area contributed by atoms with Gasteiger partial charge in [0, 0.05) is 58.2 Å². The number of carbonyl (C=O) groups is 2. The predicted molar refractivity (Wildman–Crippen MR) is 206 cm³/mol. The lowest BCUT2D eigenvalue weighted by Crippen LogP contribution is -2.57. The molecule has 1 amide bonds. The highest BCUT2D eigenvalue weighted by Crippen LogP contribution is 2.38. The van der Waals surface area contributed by atoms with Crippen LogP contribution in [-0.2, 0) is 46.5 Å². The van der Waals surface area contributed by atoms with E-state index in [1.807, 2.05) is 39.8 Å². The van der Waals surface area contributed by atoms with Crippen LogP contribution in [0.3, 0.4) is 0 Å². The zero-order valence-electron chi connectivity index (χ0n) is 33.0. The van der Waals surface area contributed by atoms with Gasteiger partial charge in [-0.05, 0) is 47.1 Å². The molecule has 53 heavy (non-hydrogen) atoms. The maximum Gasteiger partial charge on any atom is 0.323 e. The molecule has 0 unspecified atom stereocenters. The summed E-state index contributed by atoms with van der Waals surface area (Å²) in [7, 11) is 3.41. The molecular formula is C41H64N4O8. The van der Waals surface area contributed by atoms with Gasteiger partial charge < -0.3 is 49.7 Å². The molecular weight excluding hydrogens is 676 g/mol. The van der Waals surface area contributed by atoms with Crippen LogP contribution in [0.1, 0.15) is 63.6 Å². The maximum absolute atomic E-state index is 13.8. The Labute approximate surface area is 316 Å². The third-order valence-electron chi connectivity index (χ3n) is 10.2. The fraction of sp³-hybridized carbons (Fsp3) is 0.659. The average molecular weight is 741 g/mol. The summed E-state index contributed by atoms with van der Waals surface area (Å²) in [6.45, 7) is 15.6. The van der Waals surface area contributed by atoms with E-state index in [1.165, 1.54) is 0 Å². The summed E-state index contributed by atoms with van der Waals surface area (Å²) in [6.07, 6.45) is 0.492. The highest BCUT2D eigenvalue weighted by molar-refractivity contribution is 5.82. The molecule has 12 nitrogen and oxygen atoms in total. The first-order chi connectivity index (χ1) is 25.4. The molecule has 0 bridgehead atoms. The molecule has 296 valence electrons. The fourth-order valence-corrected chi connectivity index (χ4v) is 6.93. The number of ether oxygens (including phenoxy) is 6. The Morgan fingerprint density at radius 1 is 0.887 bits per heavy atom. The Balaban J connectivity index is 1.62. The number of amides is 1. The van der Waals surface area contributed by atoms with Crippen LogP contribution < -0.4 is 21.1 Å². The number of hydrogen-bond acceptors (Lipinski definition) is 11. The number of likely N-dealkylation sites (tertiary alicyclic amines) is 1. The number of piperidine rings is 1. The third kappa shape index (κ3) is 12.1. The van der Waals surface area contributed by atoms with Crippen LogP contribution in [0.15, 0.2) is 42.5 Å². The number of esters is 1. The van der Waals surface area contributed by atoms with Gasteiger partial charge in [-0.2, -0.15) is 0 Å². The minimum absolute atomic E-state index is 0.0447. The molecule has 2 aliphatic heterocycles. The van der Waals surface area contributed by atoms with E-state index >= 15 is 0 Å². The molecule has 2 heterocycles. The van der Waals surface area contributed by atoms with Gasteiger partial charge in [0.25, 0.3) is 0 Å². The lowest BCUT2D eigenvalue weighted by atomic mass is 9.78. The van der Waals surface area contributed by atoms with E-state index in [0.29, 0.717) is 58.6 Å². The van der Waals surface area contributed by atoms with Crippen LogP contribution in [0.4, 0.5) is 5.69 Å². The first-order valence-corrected chi connectivity index (χ1v) is 19.2. The second kappa shape index (κ2) is 21.0. The van der Waals surface area contributed by atoms with E-state index in [0.717, 1.165) is 47.6 Å². The summed E-state index contributed by atoms with van der Waals surface area (Å²) in [5.41, 5.74) is 16.7. The van der Waals surface area contributed by atoms with Gasteiger partial charge in [0.1, 0.15) is 18.4 Å². The van der Waals surface area contributed by atoms with Crippen molar-refractivity contribution >= 4 is 17.6 Å². The van der Waals surface area contributed by atoms with E-state index in [-0.39, 0.29) is 36.2 Å². The quantitative estimate of drug-likeness (QED) is 0.147. The van der Waals surface area contributed by atoms with Crippen molar-refractivity contribution in [3.05, 3.63) is 59.2 Å². The molecule has 4 rings (SSSR count). The van der Waals surface area contributed by atoms with E-state index in [4.69, 9.17) is 39.9 Å². The molecule has 0 aromatic heterocycles. The predicted octanol–water partition coefficient (Wildman–Crippen LogP) is 4.36. The highest BCUT2D eigenvalue weighted by atomic mass is 16.5. The summed E-state index contributed by atoms with van der Waals surface area (Å²) in [4.78, 5) is 30.9. The lowest BCUT2D eigenvalue weighted by Gasteiger charge is -2.44. The van der Waals surface area contributed by atoms with Gasteiger partial charge in [-0.3, -0.25) is 9.59 Å². The van der Waals surface area contributed by atoms with Crippen molar-refractivity contribution in [2.45, 2.75) is 78.4 Å². The molecule has 0 radical (unpaired) electrons. The summed E-state index contributed by atoms with van der Waals surface area (Å²) in [5, 5.41) is 0. The third-order valence-corrected chi connectivity index (χ3v) is 10.2. The van der Waals surface area contributed by atoms with Crippen molar-refractivity contribution in [1.29, 1.82) is 0 Å². The summed E-state index contributed by atoms with van der Waals surface area (Å²) in [5.74, 6) is -0.0419. The van der Waals surface area contributed by atoms with Gasteiger partial charge in [0.2, 0.25) is 5.91 Å². The Morgan fingerprint density at radius 2 is 1.60 bits per heavy atom. The molecule has 1 fully saturated rings. The number of benzene rings is 2. The van der Waals surface area contributed by atoms with Gasteiger partial charge in [-0.25, -0.2) is 0 Å². The SMILES string of the molecule is COCCCN1CCOc2ccc(CO[C@H]3CN(C(=O)[C@@H](N)C(C)C)C[C@@H](COC(=O)[C@@H](N)C(C)C)[C@@H]3c3ccc(COC[C@@H](C)COC)cc3)cc21. The van der Waals surface area contributed by atoms with Crippen molar-refractivity contribution in [3.8, 4) is 5.75 Å². The van der Waals surface area contributed by atoms with Gasteiger partial charge >= 0.3 is 5.97 Å². The summed E-state index contributed by atoms with van der Waals surface area (Å²) in [6, 6.07) is 13.1. The molecule has 12 heteroatoms. The summed E-state index contributed by atoms with van der Waals surface area (Å²) >= 11 is 0. The molecule has 0 spiro atoms. The number of rotatable bonds is 20. The van der Waals surface area contributed by atoms with Crippen molar-refractivity contribution in [3.63, 3.8) is 0 Å². The van der Waals surface area contributed by atoms with Gasteiger partial charge in [-0.1, -0.05) is 65.0 Å². The molecule has 4 N–H and O–H groups in total. The smallest absolute Gasteiger partial charge is 0.323 e. The zero-order chi connectivity index (χ0) is 38.5. The molecule has 2 aromatic rings. The van der Waals surface area contributed by atoms with E-state index < -0.39 is 24.2 Å². The number of methoxy groups -OCH3 is 2. The normalized spacial score (nSPS) is 20.5. The van der Waals surface area contributed by atoms with Crippen molar-refractivity contribution in [2.75, 3.05) is 78.3 Å². The van der Waals surface area contributed by atoms with Crippen LogP contribution in [0.5, 0.6) is 5.75 Å². The molecule has 2 aromatic carbocycles. The minimum atomic E-state index is -0.746. The van der Waals surface area contributed by atoms with Crippen LogP contribution in [0.25, 0.3) is 0 Å². The fourth-order valence-electron chi connectivity index (χ4n) is 6.93. The largest absolute Gasteiger partial charge is 0.490 e. The molecule has 2 aliphatic rings. The van der Waals surface area contributed by atoms with E-state index in [2.05, 4.69) is 42.2 Å². The number of fused-ring (bicyclic) bond motifs is 1. The molecule has 1 saturated heterocycles. The minimum Gasteiger partial charge on any atom is -0.490 e. The highest BCUT2D eigenvalue weighted by Gasteiger charge is 2.42. The van der Waals surface area contributed by atoms with Crippen molar-refractivity contribution < 1.29 is 38.0 Å². The standard InChI is InChI=1S/C41H64N4O8/c1-27(2)38(42)40(46)45-20-33(26-53-41(47)39(43)28(3)4)37(32-12-9-30(10-13-32)24-50-23-29(5)22-49-7)36(21-45)52-25-31-11-14-35-34(19-31)44(16-18-51-35)15-8-17-48-6/h9-14,19,27-29,33,36-39H,8,15-18,20-26,42-43H2,1-7H3/t29-,33-,36-,37-,38-,39-/m0/s1. The van der Waals surface area contributed by atoms with Gasteiger partial charge in [0.15, 0.2) is 0 Å². The van der Waals surface area contributed by atoms with Crippen LogP contribution >= 0.6 is 0 Å². The second-order valence-electron chi connectivity index (χ2n) is 15.3. The molecule has 0 aliphatic carbocycles. The van der Waals surface area contributed by atoms with Crippen LogP contribution in [0.2, 0.25) is 0 Å². The Bertz CT molecular complexity index is 1420. The van der Waals surface area contributed by atoms with Crippen molar-refractivity contribution in [1.82, 2.24) is 4.90 Å². The first-order valence-electron chi connectivity index (χ1n) is 19.2. The maximum atomic E-state index is 13.8. The lowest BCUT2D eigenvalue weighted by molar-refractivity contribution is -0.152. The summed E-state index contributed by atoms with van der Waals surface area (Å²) < 4.78 is 35.2. The van der Waals surface area contributed by atoms with E-state index in [1.54, 1.807) is 19.1 Å². The molecule has 6 atom stereocenters. The average Bonchev–Trinajstić information content (AvgIpc) is 3.15. The first kappa shape index (κ1) is 42.5. The Hall–Kier alpha value is -3.26. The number of anilines is 1. The number of carbonyl (C=O) groups excluding carboxylic acids is 2. The van der Waals surface area contributed by atoms with Crippen LogP contribution in [-0.4, -0.2) is 108 Å². The monoisotopic (exact) mass is 740 g/mol. The Morgan fingerprint density at radius 3 is 2.28 bits per heavy atom. The Kier molecular flexibility index (Phi) is 16.8. The number of nitrogens with two attached hydrogens (primary N) is 2. The number of hydrogen-bond donors (Lipinski definition) is 2. The van der Waals surface area contributed by atoms with E-state index in [9.17, 15) is 9.59 Å². The van der Waals surface area contributed by atoms with Gasteiger partial charge in [-0.15, -0.1) is 0 Å². The van der Waals surface area contributed by atoms with Gasteiger partial charge in [0.05, 0.1) is 57.4 Å². The molecule has 0 saturated carbocycles. The number of nitrogens with zero attached hydrogens (tertiary/aromatic N) is 2. The second-order valence-corrected chi connectivity index (χ2v) is 15.3. The topological polar surface area (TPSA) is 148 Å². The van der Waals surface area contributed by atoms with Crippen molar-refractivity contribution in [2.24, 2.45) is 35.1 Å². The van der Waals surface area contributed by atoms with Crippen LogP contribution in [0, 0.1) is 23.7 Å².